The first kappa shape index (κ1) is 9.58. The molecule has 0 saturated carbocycles. The molecular formula is C11H10N6O. The van der Waals surface area contributed by atoms with Crippen LogP contribution in [0, 0.1) is 0 Å². The molecule has 0 atom stereocenters. The van der Waals surface area contributed by atoms with Gasteiger partial charge in [-0.1, -0.05) is 17.3 Å². The lowest BCUT2D eigenvalue weighted by atomic mass is 10.0. The highest BCUT2D eigenvalue weighted by Gasteiger charge is 2.34. The molecule has 0 unspecified atom stereocenters. The van der Waals surface area contributed by atoms with Crippen molar-refractivity contribution >= 4 is 17.1 Å². The monoisotopic (exact) mass is 242 g/mol. The topological polar surface area (TPSA) is 83.7 Å². The Morgan fingerprint density at radius 3 is 2.94 bits per heavy atom. The van der Waals surface area contributed by atoms with Crippen molar-refractivity contribution < 1.29 is 4.42 Å². The zero-order valence-electron chi connectivity index (χ0n) is 9.45. The normalized spacial score (nSPS) is 16.1. The van der Waals surface area contributed by atoms with Gasteiger partial charge in [-0.15, -0.1) is 10.2 Å². The van der Waals surface area contributed by atoms with Gasteiger partial charge >= 0.3 is 0 Å². The Hall–Kier alpha value is -2.44. The van der Waals surface area contributed by atoms with Gasteiger partial charge in [-0.2, -0.15) is 10.2 Å². The number of aromatic amines is 1. The van der Waals surface area contributed by atoms with E-state index in [-0.39, 0.29) is 0 Å². The lowest BCUT2D eigenvalue weighted by Gasteiger charge is -2.35. The van der Waals surface area contributed by atoms with Crippen molar-refractivity contribution in [3.05, 3.63) is 30.1 Å². The van der Waals surface area contributed by atoms with Crippen LogP contribution in [-0.2, 0) is 0 Å². The number of tetrazole rings is 1. The molecule has 0 radical (unpaired) electrons. The van der Waals surface area contributed by atoms with Crippen molar-refractivity contribution in [2.75, 3.05) is 18.0 Å². The number of nitrogens with one attached hydrogen (secondary N) is 1. The number of hydrogen-bond donors (Lipinski definition) is 1. The maximum Gasteiger partial charge on any atom is 0.298 e. The van der Waals surface area contributed by atoms with Crippen LogP contribution >= 0.6 is 0 Å². The summed E-state index contributed by atoms with van der Waals surface area (Å²) in [7, 11) is 0. The van der Waals surface area contributed by atoms with Gasteiger partial charge in [0.25, 0.3) is 6.01 Å². The summed E-state index contributed by atoms with van der Waals surface area (Å²) in [5.41, 5.74) is 1.70. The second-order valence-electron chi connectivity index (χ2n) is 4.34. The summed E-state index contributed by atoms with van der Waals surface area (Å²) >= 11 is 0. The number of para-hydroxylation sites is 2. The average molecular weight is 242 g/mol. The summed E-state index contributed by atoms with van der Waals surface area (Å²) in [6.45, 7) is 1.62. The van der Waals surface area contributed by atoms with Crippen LogP contribution in [0.3, 0.4) is 0 Å². The molecule has 3 aromatic rings. The SMILES string of the molecule is c1ccc2oc(N3CC(c4nn[nH]n4)C3)nc2c1. The summed E-state index contributed by atoms with van der Waals surface area (Å²) in [4.78, 5) is 6.52. The van der Waals surface area contributed by atoms with Crippen LogP contribution in [0.1, 0.15) is 11.7 Å². The summed E-state index contributed by atoms with van der Waals surface area (Å²) in [5, 5.41) is 14.0. The van der Waals surface area contributed by atoms with Gasteiger partial charge in [-0.25, -0.2) is 0 Å². The van der Waals surface area contributed by atoms with Gasteiger partial charge in [0.05, 0.1) is 5.92 Å². The molecule has 1 aliphatic heterocycles. The number of nitrogens with zero attached hydrogens (tertiary/aromatic N) is 5. The summed E-state index contributed by atoms with van der Waals surface area (Å²) in [6, 6.07) is 8.42. The number of rotatable bonds is 2. The minimum atomic E-state index is 0.304. The maximum atomic E-state index is 5.69. The zero-order valence-corrected chi connectivity index (χ0v) is 9.45. The van der Waals surface area contributed by atoms with E-state index in [1.54, 1.807) is 0 Å². The summed E-state index contributed by atoms with van der Waals surface area (Å²) < 4.78 is 5.69. The van der Waals surface area contributed by atoms with Crippen LogP contribution < -0.4 is 4.90 Å². The van der Waals surface area contributed by atoms with Crippen molar-refractivity contribution in [3.8, 4) is 0 Å². The first-order valence-electron chi connectivity index (χ1n) is 5.74. The van der Waals surface area contributed by atoms with Gasteiger partial charge in [0.1, 0.15) is 5.52 Å². The van der Waals surface area contributed by atoms with Gasteiger partial charge in [-0.3, -0.25) is 0 Å². The van der Waals surface area contributed by atoms with Gasteiger partial charge < -0.3 is 9.32 Å². The lowest BCUT2D eigenvalue weighted by Crippen LogP contribution is -2.45. The van der Waals surface area contributed by atoms with Crippen molar-refractivity contribution in [2.45, 2.75) is 5.92 Å². The van der Waals surface area contributed by atoms with Crippen LogP contribution in [0.15, 0.2) is 28.7 Å². The minimum absolute atomic E-state index is 0.304. The second-order valence-corrected chi connectivity index (χ2v) is 4.34. The molecule has 1 aromatic carbocycles. The molecule has 0 aliphatic carbocycles. The molecule has 7 heteroatoms. The number of anilines is 1. The van der Waals surface area contributed by atoms with E-state index in [0.29, 0.717) is 11.9 Å². The first-order valence-corrected chi connectivity index (χ1v) is 5.74. The molecule has 1 aliphatic rings. The molecule has 90 valence electrons. The lowest BCUT2D eigenvalue weighted by molar-refractivity contribution is 0.449. The highest BCUT2D eigenvalue weighted by Crippen LogP contribution is 2.30. The van der Waals surface area contributed by atoms with E-state index >= 15 is 0 Å². The van der Waals surface area contributed by atoms with Gasteiger partial charge in [0, 0.05) is 13.1 Å². The largest absolute Gasteiger partial charge is 0.423 e. The first-order chi connectivity index (χ1) is 8.90. The zero-order chi connectivity index (χ0) is 11.9. The molecule has 1 saturated heterocycles. The molecular weight excluding hydrogens is 232 g/mol. The molecule has 0 amide bonds. The van der Waals surface area contributed by atoms with Crippen LogP contribution in [0.4, 0.5) is 6.01 Å². The predicted molar refractivity (Wildman–Crippen MR) is 63.1 cm³/mol. The third-order valence-corrected chi connectivity index (χ3v) is 3.16. The molecule has 0 bridgehead atoms. The molecule has 1 fully saturated rings. The fraction of sp³-hybridized carbons (Fsp3) is 0.273. The van der Waals surface area contributed by atoms with Gasteiger partial charge in [0.2, 0.25) is 0 Å². The molecule has 2 aromatic heterocycles. The molecule has 3 heterocycles. The molecule has 0 spiro atoms. The number of benzene rings is 1. The van der Waals surface area contributed by atoms with Crippen molar-refractivity contribution in [3.63, 3.8) is 0 Å². The van der Waals surface area contributed by atoms with Gasteiger partial charge in [0.15, 0.2) is 11.4 Å². The summed E-state index contributed by atoms with van der Waals surface area (Å²) in [5.74, 6) is 1.06. The Labute approximate surface area is 102 Å². The Balaban J connectivity index is 1.56. The number of H-pyrrole nitrogens is 1. The van der Waals surface area contributed by atoms with Crippen LogP contribution in [-0.4, -0.2) is 38.7 Å². The molecule has 18 heavy (non-hydrogen) atoms. The van der Waals surface area contributed by atoms with E-state index in [0.717, 1.165) is 30.0 Å². The third-order valence-electron chi connectivity index (χ3n) is 3.16. The smallest absolute Gasteiger partial charge is 0.298 e. The van der Waals surface area contributed by atoms with Gasteiger partial charge in [-0.05, 0) is 12.1 Å². The maximum absolute atomic E-state index is 5.69. The van der Waals surface area contributed by atoms with E-state index in [1.165, 1.54) is 0 Å². The standard InChI is InChI=1S/C11H10N6O/c1-2-4-9-8(3-1)12-11(18-9)17-5-7(6-17)10-13-15-16-14-10/h1-4,7H,5-6H2,(H,13,14,15,16). The van der Waals surface area contributed by atoms with E-state index < -0.39 is 0 Å². The van der Waals surface area contributed by atoms with Crippen LogP contribution in [0.2, 0.25) is 0 Å². The Kier molecular flexibility index (Phi) is 1.88. The fourth-order valence-electron chi connectivity index (χ4n) is 2.14. The molecule has 4 rings (SSSR count). The Morgan fingerprint density at radius 1 is 1.28 bits per heavy atom. The Morgan fingerprint density at radius 2 is 2.17 bits per heavy atom. The highest BCUT2D eigenvalue weighted by molar-refractivity contribution is 5.74. The number of aromatic nitrogens is 5. The van der Waals surface area contributed by atoms with Crippen molar-refractivity contribution in [1.29, 1.82) is 0 Å². The van der Waals surface area contributed by atoms with E-state index in [4.69, 9.17) is 4.42 Å². The highest BCUT2D eigenvalue weighted by atomic mass is 16.4. The van der Waals surface area contributed by atoms with Crippen LogP contribution in [0.5, 0.6) is 0 Å². The quantitative estimate of drug-likeness (QED) is 0.720. The number of hydrogen-bond acceptors (Lipinski definition) is 6. The number of fused-ring (bicyclic) bond motifs is 1. The Bertz CT molecular complexity index is 637. The second kappa shape index (κ2) is 3.52. The average Bonchev–Trinajstić information content (AvgIpc) is 2.94. The fourth-order valence-corrected chi connectivity index (χ4v) is 2.14. The van der Waals surface area contributed by atoms with Crippen molar-refractivity contribution in [1.82, 2.24) is 25.6 Å². The van der Waals surface area contributed by atoms with E-state index in [9.17, 15) is 0 Å². The van der Waals surface area contributed by atoms with E-state index in [2.05, 4.69) is 30.5 Å². The van der Waals surface area contributed by atoms with Crippen molar-refractivity contribution in [2.24, 2.45) is 0 Å². The molecule has 1 N–H and O–H groups in total. The summed E-state index contributed by atoms with van der Waals surface area (Å²) in [6.07, 6.45) is 0. The minimum Gasteiger partial charge on any atom is -0.423 e. The molecule has 7 nitrogen and oxygen atoms in total. The number of oxazole rings is 1. The third kappa shape index (κ3) is 1.37. The van der Waals surface area contributed by atoms with E-state index in [1.807, 2.05) is 24.3 Å². The predicted octanol–water partition coefficient (Wildman–Crippen LogP) is 0.945. The van der Waals surface area contributed by atoms with Crippen LogP contribution in [0.25, 0.3) is 11.1 Å².